The smallest absolute Gasteiger partial charge is 0.0641 e. The molecule has 0 fully saturated rings. The average Bonchev–Trinajstić information content (AvgIpc) is 1.82. The summed E-state index contributed by atoms with van der Waals surface area (Å²) in [5.74, 6) is 0. The van der Waals surface area contributed by atoms with Crippen molar-refractivity contribution < 1.29 is 0 Å². The molecule has 0 saturated heterocycles. The molecule has 1 atom stereocenters. The van der Waals surface area contributed by atoms with Crippen molar-refractivity contribution in [2.24, 2.45) is 0 Å². The van der Waals surface area contributed by atoms with Crippen LogP contribution in [0.4, 0.5) is 0 Å². The van der Waals surface area contributed by atoms with Gasteiger partial charge in [-0.15, -0.1) is 0 Å². The molecule has 0 aliphatic carbocycles. The number of hydrogen-bond acceptors (Lipinski definition) is 0. The van der Waals surface area contributed by atoms with Crippen molar-refractivity contribution in [2.45, 2.75) is 70.6 Å². The molecule has 13 heavy (non-hydrogen) atoms. The molecule has 1 heteroatoms. The minimum Gasteiger partial charge on any atom is -0.0651 e. The second-order valence-corrected chi connectivity index (χ2v) is 11.8. The van der Waals surface area contributed by atoms with E-state index in [1.54, 1.807) is 0 Å². The standard InChI is InChI=1S/C12H27Si/c1-9(2)13(10(3)4,11(5)6)12(7)8/h9-12H,1H2,2-8H3. The van der Waals surface area contributed by atoms with Crippen LogP contribution in [0.15, 0.2) is 0 Å². The first kappa shape index (κ1) is 13.2. The molecule has 0 N–H and O–H groups in total. The fourth-order valence-corrected chi connectivity index (χ4v) is 11.1. The van der Waals surface area contributed by atoms with Gasteiger partial charge in [0.1, 0.15) is 0 Å². The molecule has 0 aromatic rings. The molecule has 0 nitrogen and oxygen atoms in total. The average molecular weight is 199 g/mol. The van der Waals surface area contributed by atoms with Crippen LogP contribution in [0.2, 0.25) is 22.2 Å². The molecule has 0 saturated carbocycles. The Kier molecular flexibility index (Phi) is 4.71. The Labute approximate surface area is 86.1 Å². The minimum atomic E-state index is -1.22. The fraction of sp³-hybridized carbons (Fsp3) is 0.917. The topological polar surface area (TPSA) is 0 Å². The second kappa shape index (κ2) is 4.63. The quantitative estimate of drug-likeness (QED) is 0.566. The van der Waals surface area contributed by atoms with E-state index in [4.69, 9.17) is 0 Å². The summed E-state index contributed by atoms with van der Waals surface area (Å²) in [4.78, 5) is 0. The van der Waals surface area contributed by atoms with E-state index in [0.29, 0.717) is 5.54 Å². The third kappa shape index (κ3) is 2.17. The van der Waals surface area contributed by atoms with Crippen molar-refractivity contribution in [1.29, 1.82) is 0 Å². The van der Waals surface area contributed by atoms with Crippen molar-refractivity contribution in [3.05, 3.63) is 6.92 Å². The Morgan fingerprint density at radius 1 is 0.692 bits per heavy atom. The van der Waals surface area contributed by atoms with Gasteiger partial charge >= 0.3 is 0 Å². The molecule has 0 aliphatic heterocycles. The van der Waals surface area contributed by atoms with E-state index in [0.717, 1.165) is 16.6 Å². The Balaban J connectivity index is 5.06. The molecule has 1 unspecified atom stereocenters. The molecule has 0 amide bonds. The van der Waals surface area contributed by atoms with Gasteiger partial charge in [0.25, 0.3) is 0 Å². The molecule has 0 spiro atoms. The van der Waals surface area contributed by atoms with Gasteiger partial charge in [0, 0.05) is 0 Å². The summed E-state index contributed by atoms with van der Waals surface area (Å²) in [6.45, 7) is 21.0. The highest BCUT2D eigenvalue weighted by Crippen LogP contribution is 2.48. The maximum Gasteiger partial charge on any atom is 0.0641 e. The van der Waals surface area contributed by atoms with Gasteiger partial charge in [-0.3, -0.25) is 0 Å². The zero-order valence-corrected chi connectivity index (χ0v) is 11.5. The van der Waals surface area contributed by atoms with E-state index in [2.05, 4.69) is 55.4 Å². The zero-order chi connectivity index (χ0) is 10.8. The first-order valence-electron chi connectivity index (χ1n) is 5.60. The van der Waals surface area contributed by atoms with Crippen LogP contribution in [-0.4, -0.2) is 8.07 Å². The van der Waals surface area contributed by atoms with E-state index in [1.165, 1.54) is 0 Å². The third-order valence-corrected chi connectivity index (χ3v) is 11.6. The van der Waals surface area contributed by atoms with Crippen LogP contribution in [0, 0.1) is 6.92 Å². The highest BCUT2D eigenvalue weighted by Gasteiger charge is 2.44. The van der Waals surface area contributed by atoms with Gasteiger partial charge < -0.3 is 0 Å². The number of hydrogen-bond donors (Lipinski definition) is 0. The van der Waals surface area contributed by atoms with Gasteiger partial charge in [-0.2, -0.15) is 0 Å². The summed E-state index contributed by atoms with van der Waals surface area (Å²) in [6, 6.07) is 0. The Hall–Kier alpha value is 0.217. The van der Waals surface area contributed by atoms with Crippen LogP contribution in [0.5, 0.6) is 0 Å². The first-order valence-corrected chi connectivity index (χ1v) is 7.91. The SMILES string of the molecule is [CH2]C(C)[Si](C(C)C)(C(C)C)C(C)C. The maximum absolute atomic E-state index is 4.34. The molecular formula is C12H27Si. The molecule has 1 radical (unpaired) electrons. The molecule has 0 rings (SSSR count). The molecule has 0 bridgehead atoms. The highest BCUT2D eigenvalue weighted by molar-refractivity contribution is 6.84. The van der Waals surface area contributed by atoms with Crippen molar-refractivity contribution in [3.63, 3.8) is 0 Å². The largest absolute Gasteiger partial charge is 0.0651 e. The van der Waals surface area contributed by atoms with Crippen LogP contribution in [0.25, 0.3) is 0 Å². The lowest BCUT2D eigenvalue weighted by Gasteiger charge is -2.46. The maximum atomic E-state index is 4.34. The summed E-state index contributed by atoms with van der Waals surface area (Å²) in [5.41, 5.74) is 3.20. The lowest BCUT2D eigenvalue weighted by Crippen LogP contribution is -2.47. The van der Waals surface area contributed by atoms with Gasteiger partial charge in [-0.05, 0) is 5.54 Å². The molecule has 79 valence electrons. The van der Waals surface area contributed by atoms with E-state index < -0.39 is 8.07 Å². The highest BCUT2D eigenvalue weighted by atomic mass is 28.3. The van der Waals surface area contributed by atoms with E-state index in [9.17, 15) is 0 Å². The summed E-state index contributed by atoms with van der Waals surface area (Å²) in [7, 11) is -1.22. The van der Waals surface area contributed by atoms with Gasteiger partial charge in [-0.25, -0.2) is 0 Å². The normalized spacial score (nSPS) is 13.8. The molecule has 0 heterocycles. The molecule has 0 aromatic carbocycles. The predicted molar refractivity (Wildman–Crippen MR) is 65.8 cm³/mol. The predicted octanol–water partition coefficient (Wildman–Crippen LogP) is 4.89. The van der Waals surface area contributed by atoms with Gasteiger partial charge in [0.15, 0.2) is 0 Å². The van der Waals surface area contributed by atoms with Crippen molar-refractivity contribution >= 4 is 8.07 Å². The van der Waals surface area contributed by atoms with Crippen LogP contribution in [0.3, 0.4) is 0 Å². The van der Waals surface area contributed by atoms with Crippen molar-refractivity contribution in [3.8, 4) is 0 Å². The van der Waals surface area contributed by atoms with E-state index in [-0.39, 0.29) is 0 Å². The Morgan fingerprint density at radius 3 is 0.923 bits per heavy atom. The monoisotopic (exact) mass is 199 g/mol. The Morgan fingerprint density at radius 2 is 0.923 bits per heavy atom. The number of rotatable bonds is 4. The van der Waals surface area contributed by atoms with Gasteiger partial charge in [-0.1, -0.05) is 72.0 Å². The van der Waals surface area contributed by atoms with Crippen molar-refractivity contribution in [2.75, 3.05) is 0 Å². The van der Waals surface area contributed by atoms with Gasteiger partial charge in [0.05, 0.1) is 8.07 Å². The summed E-state index contributed by atoms with van der Waals surface area (Å²) < 4.78 is 0. The summed E-state index contributed by atoms with van der Waals surface area (Å²) in [6.07, 6.45) is 0. The lowest BCUT2D eigenvalue weighted by molar-refractivity contribution is 0.773. The third-order valence-electron chi connectivity index (χ3n) is 3.85. The fourth-order valence-electron chi connectivity index (χ4n) is 3.71. The molecule has 0 aliphatic rings. The Bertz CT molecular complexity index is 108. The summed E-state index contributed by atoms with van der Waals surface area (Å²) >= 11 is 0. The minimum absolute atomic E-state index is 0.660. The van der Waals surface area contributed by atoms with Crippen molar-refractivity contribution in [1.82, 2.24) is 0 Å². The molecule has 0 aromatic heterocycles. The van der Waals surface area contributed by atoms with E-state index >= 15 is 0 Å². The second-order valence-electron chi connectivity index (χ2n) is 5.37. The molecular weight excluding hydrogens is 172 g/mol. The van der Waals surface area contributed by atoms with Crippen LogP contribution in [0.1, 0.15) is 48.5 Å². The van der Waals surface area contributed by atoms with Crippen LogP contribution >= 0.6 is 0 Å². The lowest BCUT2D eigenvalue weighted by atomic mass is 10.5. The first-order chi connectivity index (χ1) is 5.77. The van der Waals surface area contributed by atoms with Gasteiger partial charge in [0.2, 0.25) is 0 Å². The van der Waals surface area contributed by atoms with Crippen LogP contribution < -0.4 is 0 Å². The summed E-state index contributed by atoms with van der Waals surface area (Å²) in [5, 5.41) is 0. The zero-order valence-electron chi connectivity index (χ0n) is 10.5. The van der Waals surface area contributed by atoms with Crippen LogP contribution in [-0.2, 0) is 0 Å². The van der Waals surface area contributed by atoms with E-state index in [1.807, 2.05) is 0 Å².